The van der Waals surface area contributed by atoms with Gasteiger partial charge in [0.25, 0.3) is 5.91 Å². The molecule has 0 spiro atoms. The standard InChI is InChI=1S/C28H30N6O2/c1-15(2)27(35)32-17-7-9-19-21(13-17)20-12-16(28(36)34-10-4-5-11-34)6-8-18(20)22-23-25(29)30-14-31-26(23)33(3)24(19)22/h7-9,13-14,16,20H,1,4-6,10-12H2,2-3H3,(H,32,35)(H2,29,30,31)/t16-,20-/m0/s1. The van der Waals surface area contributed by atoms with E-state index < -0.39 is 0 Å². The number of carbonyl (C=O) groups excluding carboxylic acids is 2. The van der Waals surface area contributed by atoms with Crippen LogP contribution in [-0.2, 0) is 16.6 Å². The topological polar surface area (TPSA) is 106 Å². The predicted molar refractivity (Wildman–Crippen MR) is 141 cm³/mol. The van der Waals surface area contributed by atoms with Gasteiger partial charge in [0.05, 0.1) is 11.1 Å². The van der Waals surface area contributed by atoms with Crippen LogP contribution in [0.3, 0.4) is 0 Å². The van der Waals surface area contributed by atoms with Crippen LogP contribution in [0, 0.1) is 5.92 Å². The molecule has 3 N–H and O–H groups in total. The maximum absolute atomic E-state index is 13.4. The van der Waals surface area contributed by atoms with E-state index in [0.29, 0.717) is 17.8 Å². The number of fused-ring (bicyclic) bond motifs is 8. The molecule has 2 amide bonds. The number of benzene rings is 1. The Balaban J connectivity index is 1.53. The molecule has 1 aromatic carbocycles. The number of aromatic nitrogens is 3. The van der Waals surface area contributed by atoms with Crippen molar-refractivity contribution in [3.63, 3.8) is 0 Å². The summed E-state index contributed by atoms with van der Waals surface area (Å²) in [6, 6.07) is 6.01. The summed E-state index contributed by atoms with van der Waals surface area (Å²) in [7, 11) is 2.00. The number of aryl methyl sites for hydroxylation is 1. The fraction of sp³-hybridized carbons (Fsp3) is 0.357. The van der Waals surface area contributed by atoms with Gasteiger partial charge in [0.1, 0.15) is 17.8 Å². The van der Waals surface area contributed by atoms with E-state index in [1.54, 1.807) is 6.92 Å². The Morgan fingerprint density at radius 2 is 1.97 bits per heavy atom. The molecule has 1 saturated heterocycles. The van der Waals surface area contributed by atoms with Gasteiger partial charge in [-0.25, -0.2) is 9.97 Å². The van der Waals surface area contributed by atoms with Crippen molar-refractivity contribution in [2.24, 2.45) is 13.0 Å². The third-order valence-electron chi connectivity index (χ3n) is 7.90. The largest absolute Gasteiger partial charge is 0.383 e. The summed E-state index contributed by atoms with van der Waals surface area (Å²) in [4.78, 5) is 36.6. The summed E-state index contributed by atoms with van der Waals surface area (Å²) in [6.07, 6.45) is 7.30. The van der Waals surface area contributed by atoms with Crippen LogP contribution in [0.5, 0.6) is 0 Å². The molecule has 0 bridgehead atoms. The number of anilines is 2. The second kappa shape index (κ2) is 8.33. The number of allylic oxidation sites excluding steroid dienone is 2. The smallest absolute Gasteiger partial charge is 0.250 e. The second-order valence-electron chi connectivity index (χ2n) is 10.2. The highest BCUT2D eigenvalue weighted by molar-refractivity contribution is 6.08. The van der Waals surface area contributed by atoms with Crippen LogP contribution in [0.4, 0.5) is 11.5 Å². The Morgan fingerprint density at radius 3 is 2.72 bits per heavy atom. The number of nitrogens with zero attached hydrogens (tertiary/aromatic N) is 4. The van der Waals surface area contributed by atoms with Gasteiger partial charge in [0.15, 0.2) is 0 Å². The lowest BCUT2D eigenvalue weighted by molar-refractivity contribution is -0.134. The monoisotopic (exact) mass is 482 g/mol. The number of nitrogens with one attached hydrogen (secondary N) is 1. The first-order chi connectivity index (χ1) is 17.3. The van der Waals surface area contributed by atoms with Gasteiger partial charge < -0.3 is 20.5 Å². The van der Waals surface area contributed by atoms with E-state index in [4.69, 9.17) is 5.73 Å². The Bertz CT molecular complexity index is 1480. The summed E-state index contributed by atoms with van der Waals surface area (Å²) >= 11 is 0. The van der Waals surface area contributed by atoms with Gasteiger partial charge in [-0.05, 0) is 55.9 Å². The summed E-state index contributed by atoms with van der Waals surface area (Å²) in [6.45, 7) is 7.15. The molecule has 3 aromatic rings. The number of hydrogen-bond acceptors (Lipinski definition) is 5. The summed E-state index contributed by atoms with van der Waals surface area (Å²) in [5, 5.41) is 3.82. The van der Waals surface area contributed by atoms with Gasteiger partial charge in [-0.15, -0.1) is 0 Å². The van der Waals surface area contributed by atoms with Crippen molar-refractivity contribution in [3.05, 3.63) is 53.9 Å². The third kappa shape index (κ3) is 3.35. The molecule has 36 heavy (non-hydrogen) atoms. The van der Waals surface area contributed by atoms with Crippen molar-refractivity contribution in [1.29, 1.82) is 0 Å². The molecule has 8 heteroatoms. The molecule has 2 aliphatic carbocycles. The van der Waals surface area contributed by atoms with Crippen molar-refractivity contribution in [1.82, 2.24) is 19.4 Å². The molecular formula is C28H30N6O2. The van der Waals surface area contributed by atoms with Crippen molar-refractivity contribution >= 4 is 39.9 Å². The number of hydrogen-bond donors (Lipinski definition) is 2. The molecule has 1 fully saturated rings. The fourth-order valence-electron chi connectivity index (χ4n) is 6.14. The maximum atomic E-state index is 13.4. The van der Waals surface area contributed by atoms with E-state index in [2.05, 4.69) is 32.5 Å². The van der Waals surface area contributed by atoms with Crippen LogP contribution in [-0.4, -0.2) is 44.3 Å². The zero-order valence-electron chi connectivity index (χ0n) is 20.7. The first-order valence-electron chi connectivity index (χ1n) is 12.5. The van der Waals surface area contributed by atoms with Crippen molar-refractivity contribution in [3.8, 4) is 11.3 Å². The zero-order chi connectivity index (χ0) is 25.1. The van der Waals surface area contributed by atoms with Crippen molar-refractivity contribution in [2.45, 2.75) is 38.5 Å². The van der Waals surface area contributed by atoms with E-state index in [-0.39, 0.29) is 23.7 Å². The highest BCUT2D eigenvalue weighted by Crippen LogP contribution is 2.55. The van der Waals surface area contributed by atoms with Crippen LogP contribution >= 0.6 is 0 Å². The molecule has 0 saturated carbocycles. The van der Waals surface area contributed by atoms with E-state index in [0.717, 1.165) is 71.5 Å². The van der Waals surface area contributed by atoms with Crippen LogP contribution < -0.4 is 11.1 Å². The summed E-state index contributed by atoms with van der Waals surface area (Å²) < 4.78 is 2.08. The van der Waals surface area contributed by atoms with E-state index in [1.165, 1.54) is 11.9 Å². The zero-order valence-corrected chi connectivity index (χ0v) is 20.7. The lowest BCUT2D eigenvalue weighted by Gasteiger charge is -2.36. The first kappa shape index (κ1) is 22.5. The van der Waals surface area contributed by atoms with Crippen molar-refractivity contribution in [2.75, 3.05) is 24.1 Å². The molecule has 184 valence electrons. The number of rotatable bonds is 3. The second-order valence-corrected chi connectivity index (χ2v) is 10.2. The lowest BCUT2D eigenvalue weighted by Crippen LogP contribution is -2.36. The summed E-state index contributed by atoms with van der Waals surface area (Å²) in [5.74, 6) is 0.442. The average Bonchev–Trinajstić information content (AvgIpc) is 3.51. The average molecular weight is 483 g/mol. The Morgan fingerprint density at radius 1 is 1.19 bits per heavy atom. The lowest BCUT2D eigenvalue weighted by atomic mass is 9.69. The van der Waals surface area contributed by atoms with Gasteiger partial charge in [-0.1, -0.05) is 18.7 Å². The van der Waals surface area contributed by atoms with E-state index in [9.17, 15) is 9.59 Å². The molecule has 6 rings (SSSR count). The minimum atomic E-state index is -0.208. The molecule has 8 nitrogen and oxygen atoms in total. The molecule has 2 aromatic heterocycles. The molecule has 0 unspecified atom stereocenters. The number of nitrogens with two attached hydrogens (primary N) is 1. The quantitative estimate of drug-likeness (QED) is 0.543. The maximum Gasteiger partial charge on any atom is 0.250 e. The van der Waals surface area contributed by atoms with Gasteiger partial charge in [0, 0.05) is 54.4 Å². The van der Waals surface area contributed by atoms with Gasteiger partial charge in [-0.2, -0.15) is 0 Å². The van der Waals surface area contributed by atoms with Crippen molar-refractivity contribution < 1.29 is 9.59 Å². The van der Waals surface area contributed by atoms with Gasteiger partial charge in [0.2, 0.25) is 5.91 Å². The summed E-state index contributed by atoms with van der Waals surface area (Å²) in [5.41, 5.74) is 13.8. The SMILES string of the molecule is C=C(C)C(=O)Nc1ccc2c(c1)[C@H]1C[C@@H](C(=O)N3CCCC3)CC=C1c1c-2n(C)c2ncnc(N)c12. The third-order valence-corrected chi connectivity index (χ3v) is 7.90. The first-order valence-corrected chi connectivity index (χ1v) is 12.5. The number of carbonyl (C=O) groups is 2. The molecule has 0 radical (unpaired) electrons. The molecule has 1 aliphatic heterocycles. The van der Waals surface area contributed by atoms with Crippen LogP contribution in [0.25, 0.3) is 27.9 Å². The minimum absolute atomic E-state index is 0.00434. The predicted octanol–water partition coefficient (Wildman–Crippen LogP) is 4.25. The Hall–Kier alpha value is -3.94. The molecule has 3 aliphatic rings. The van der Waals surface area contributed by atoms with Crippen LogP contribution in [0.1, 0.15) is 49.7 Å². The number of likely N-dealkylation sites (tertiary alicyclic amines) is 1. The van der Waals surface area contributed by atoms with Gasteiger partial charge in [-0.3, -0.25) is 9.59 Å². The van der Waals surface area contributed by atoms with E-state index in [1.807, 2.05) is 30.1 Å². The number of nitrogen functional groups attached to an aromatic ring is 1. The molecule has 3 heterocycles. The Labute approximate surface area is 209 Å². The molecular weight excluding hydrogens is 452 g/mol. The fourth-order valence-corrected chi connectivity index (χ4v) is 6.14. The van der Waals surface area contributed by atoms with Gasteiger partial charge >= 0.3 is 0 Å². The minimum Gasteiger partial charge on any atom is -0.383 e. The Kier molecular flexibility index (Phi) is 5.21. The molecule has 2 atom stereocenters. The highest BCUT2D eigenvalue weighted by Gasteiger charge is 2.40. The van der Waals surface area contributed by atoms with Crippen LogP contribution in [0.15, 0.2) is 42.8 Å². The van der Waals surface area contributed by atoms with E-state index >= 15 is 0 Å². The number of amides is 2. The highest BCUT2D eigenvalue weighted by atomic mass is 16.2. The van der Waals surface area contributed by atoms with Crippen LogP contribution in [0.2, 0.25) is 0 Å². The normalized spacial score (nSPS) is 20.4.